The largest absolute Gasteiger partial charge is 0.481 e. The van der Waals surface area contributed by atoms with Crippen molar-refractivity contribution in [3.05, 3.63) is 29.1 Å². The van der Waals surface area contributed by atoms with Gasteiger partial charge < -0.3 is 10.0 Å². The number of pyridine rings is 1. The van der Waals surface area contributed by atoms with Gasteiger partial charge in [0.1, 0.15) is 5.69 Å². The smallest absolute Gasteiger partial charge is 0.433 e. The Bertz CT molecular complexity index is 631. The number of piperidine rings is 1. The first-order valence-electron chi connectivity index (χ1n) is 7.74. The molecule has 1 aliphatic heterocycles. The number of nitrogens with zero attached hydrogens (tertiary/aromatic N) is 2. The average molecular weight is 344 g/mol. The molecule has 1 aromatic heterocycles. The van der Waals surface area contributed by atoms with E-state index in [0.29, 0.717) is 19.5 Å². The SMILES string of the molecule is Cc1nc(C(F)(F)F)ccc1C(=O)N1CCC[C@H](CCC(=O)O)C1. The van der Waals surface area contributed by atoms with E-state index >= 15 is 0 Å². The molecule has 24 heavy (non-hydrogen) atoms. The molecule has 1 aliphatic rings. The summed E-state index contributed by atoms with van der Waals surface area (Å²) in [4.78, 5) is 28.3. The Balaban J connectivity index is 2.09. The van der Waals surface area contributed by atoms with Crippen LogP contribution in [0.15, 0.2) is 12.1 Å². The summed E-state index contributed by atoms with van der Waals surface area (Å²) in [6.07, 6.45) is -2.40. The minimum Gasteiger partial charge on any atom is -0.481 e. The van der Waals surface area contributed by atoms with Crippen LogP contribution >= 0.6 is 0 Å². The van der Waals surface area contributed by atoms with E-state index in [1.807, 2.05) is 0 Å². The number of carboxylic acid groups (broad SMARTS) is 1. The summed E-state index contributed by atoms with van der Waals surface area (Å²) in [5.41, 5.74) is -0.820. The zero-order valence-corrected chi connectivity index (χ0v) is 13.3. The quantitative estimate of drug-likeness (QED) is 0.911. The van der Waals surface area contributed by atoms with Crippen molar-refractivity contribution in [2.75, 3.05) is 13.1 Å². The van der Waals surface area contributed by atoms with Crippen molar-refractivity contribution in [2.24, 2.45) is 5.92 Å². The number of carbonyl (C=O) groups is 2. The van der Waals surface area contributed by atoms with Crippen molar-refractivity contribution in [2.45, 2.75) is 38.8 Å². The Morgan fingerprint density at radius 1 is 1.38 bits per heavy atom. The summed E-state index contributed by atoms with van der Waals surface area (Å²) in [7, 11) is 0. The lowest BCUT2D eigenvalue weighted by Gasteiger charge is -2.33. The molecule has 0 unspecified atom stereocenters. The Kier molecular flexibility index (Phi) is 5.46. The second kappa shape index (κ2) is 7.19. The number of aliphatic carboxylic acids is 1. The Hall–Kier alpha value is -2.12. The van der Waals surface area contributed by atoms with Crippen LogP contribution in [0, 0.1) is 12.8 Å². The first-order chi connectivity index (χ1) is 11.2. The highest BCUT2D eigenvalue weighted by Crippen LogP contribution is 2.29. The lowest BCUT2D eigenvalue weighted by atomic mass is 9.93. The van der Waals surface area contributed by atoms with Crippen molar-refractivity contribution in [3.63, 3.8) is 0 Å². The van der Waals surface area contributed by atoms with Crippen LogP contribution in [0.4, 0.5) is 13.2 Å². The van der Waals surface area contributed by atoms with Crippen molar-refractivity contribution >= 4 is 11.9 Å². The Morgan fingerprint density at radius 3 is 2.67 bits per heavy atom. The molecule has 1 aromatic rings. The number of carbonyl (C=O) groups excluding carboxylic acids is 1. The van der Waals surface area contributed by atoms with Gasteiger partial charge in [0.05, 0.1) is 11.3 Å². The highest BCUT2D eigenvalue weighted by Gasteiger charge is 2.33. The Labute approximate surface area is 137 Å². The minimum atomic E-state index is -4.54. The number of alkyl halides is 3. The predicted octanol–water partition coefficient (Wildman–Crippen LogP) is 3.13. The van der Waals surface area contributed by atoms with E-state index in [9.17, 15) is 22.8 Å². The van der Waals surface area contributed by atoms with Gasteiger partial charge in [0.15, 0.2) is 0 Å². The van der Waals surface area contributed by atoms with Gasteiger partial charge in [0.2, 0.25) is 0 Å². The molecule has 5 nitrogen and oxygen atoms in total. The number of rotatable bonds is 4. The van der Waals surface area contributed by atoms with Gasteiger partial charge in [-0.2, -0.15) is 13.2 Å². The highest BCUT2D eigenvalue weighted by molar-refractivity contribution is 5.95. The summed E-state index contributed by atoms with van der Waals surface area (Å²) in [5.74, 6) is -1.13. The van der Waals surface area contributed by atoms with Crippen molar-refractivity contribution in [1.29, 1.82) is 0 Å². The minimum absolute atomic E-state index is 0.0440. The van der Waals surface area contributed by atoms with Crippen LogP contribution in [0.1, 0.15) is 47.4 Å². The fraction of sp³-hybridized carbons (Fsp3) is 0.562. The van der Waals surface area contributed by atoms with Gasteiger partial charge in [-0.25, -0.2) is 4.98 Å². The maximum Gasteiger partial charge on any atom is 0.433 e. The molecule has 8 heteroatoms. The molecule has 0 aromatic carbocycles. The molecule has 0 spiro atoms. The average Bonchev–Trinajstić information content (AvgIpc) is 2.51. The number of hydrogen-bond acceptors (Lipinski definition) is 3. The van der Waals surface area contributed by atoms with Crippen molar-refractivity contribution < 1.29 is 27.9 Å². The van der Waals surface area contributed by atoms with Gasteiger partial charge in [-0.05, 0) is 44.2 Å². The molecule has 2 rings (SSSR count). The van der Waals surface area contributed by atoms with Crippen molar-refractivity contribution in [1.82, 2.24) is 9.88 Å². The van der Waals surface area contributed by atoms with E-state index in [4.69, 9.17) is 5.11 Å². The van der Waals surface area contributed by atoms with Crippen LogP contribution in [0.3, 0.4) is 0 Å². The number of aromatic nitrogens is 1. The molecule has 0 aliphatic carbocycles. The van der Waals surface area contributed by atoms with Gasteiger partial charge in [-0.1, -0.05) is 0 Å². The first kappa shape index (κ1) is 18.2. The standard InChI is InChI=1S/C16H19F3N2O3/c1-10-12(5-6-13(20-10)16(17,18)19)15(24)21-8-2-3-11(9-21)4-7-14(22)23/h5-6,11H,2-4,7-9H2,1H3,(H,22,23)/t11-/m1/s1. The molecular weight excluding hydrogens is 325 g/mol. The Morgan fingerprint density at radius 2 is 2.08 bits per heavy atom. The normalized spacial score (nSPS) is 18.5. The fourth-order valence-corrected chi connectivity index (χ4v) is 2.93. The zero-order valence-electron chi connectivity index (χ0n) is 13.3. The third-order valence-corrected chi connectivity index (χ3v) is 4.18. The maximum atomic E-state index is 12.7. The predicted molar refractivity (Wildman–Crippen MR) is 79.5 cm³/mol. The monoisotopic (exact) mass is 344 g/mol. The topological polar surface area (TPSA) is 70.5 Å². The molecule has 1 N–H and O–H groups in total. The molecule has 0 radical (unpaired) electrons. The molecule has 1 amide bonds. The molecule has 2 heterocycles. The van der Waals surface area contributed by atoms with Crippen LogP contribution in [-0.2, 0) is 11.0 Å². The summed E-state index contributed by atoms with van der Waals surface area (Å²) in [5, 5.41) is 8.74. The van der Waals surface area contributed by atoms with Crippen LogP contribution in [0.2, 0.25) is 0 Å². The summed E-state index contributed by atoms with van der Waals surface area (Å²) < 4.78 is 38.0. The zero-order chi connectivity index (χ0) is 17.9. The number of amides is 1. The van der Waals surface area contributed by atoms with E-state index in [0.717, 1.165) is 25.0 Å². The van der Waals surface area contributed by atoms with Gasteiger partial charge in [-0.15, -0.1) is 0 Å². The molecule has 0 saturated carbocycles. The van der Waals surface area contributed by atoms with Gasteiger partial charge in [0, 0.05) is 19.5 Å². The third kappa shape index (κ3) is 4.46. The summed E-state index contributed by atoms with van der Waals surface area (Å²) >= 11 is 0. The lowest BCUT2D eigenvalue weighted by Crippen LogP contribution is -2.40. The van der Waals surface area contributed by atoms with E-state index in [1.54, 1.807) is 4.90 Å². The first-order valence-corrected chi connectivity index (χ1v) is 7.74. The summed E-state index contributed by atoms with van der Waals surface area (Å²) in [6, 6.07) is 1.97. The fourth-order valence-electron chi connectivity index (χ4n) is 2.93. The van der Waals surface area contributed by atoms with Crippen LogP contribution < -0.4 is 0 Å². The van der Waals surface area contributed by atoms with Gasteiger partial charge >= 0.3 is 12.1 Å². The number of aryl methyl sites for hydroxylation is 1. The number of hydrogen-bond donors (Lipinski definition) is 1. The second-order valence-electron chi connectivity index (χ2n) is 6.02. The van der Waals surface area contributed by atoms with Crippen LogP contribution in [0.5, 0.6) is 0 Å². The van der Waals surface area contributed by atoms with Crippen molar-refractivity contribution in [3.8, 4) is 0 Å². The number of halogens is 3. The lowest BCUT2D eigenvalue weighted by molar-refractivity contribution is -0.141. The second-order valence-corrected chi connectivity index (χ2v) is 6.02. The van der Waals surface area contributed by atoms with Gasteiger partial charge in [0.25, 0.3) is 5.91 Å². The maximum absolute atomic E-state index is 12.7. The summed E-state index contributed by atoms with van der Waals surface area (Å²) in [6.45, 7) is 2.32. The number of likely N-dealkylation sites (tertiary alicyclic amines) is 1. The molecule has 1 atom stereocenters. The number of carboxylic acids is 1. The van der Waals surface area contributed by atoms with E-state index in [1.165, 1.54) is 6.92 Å². The van der Waals surface area contributed by atoms with E-state index < -0.39 is 17.8 Å². The van der Waals surface area contributed by atoms with Crippen LogP contribution in [-0.4, -0.2) is 40.0 Å². The van der Waals surface area contributed by atoms with Gasteiger partial charge in [-0.3, -0.25) is 9.59 Å². The van der Waals surface area contributed by atoms with E-state index in [-0.39, 0.29) is 29.5 Å². The highest BCUT2D eigenvalue weighted by atomic mass is 19.4. The van der Waals surface area contributed by atoms with Crippen LogP contribution in [0.25, 0.3) is 0 Å². The molecular formula is C16H19F3N2O3. The third-order valence-electron chi connectivity index (χ3n) is 4.18. The van der Waals surface area contributed by atoms with E-state index in [2.05, 4.69) is 4.98 Å². The molecule has 1 fully saturated rings. The molecule has 0 bridgehead atoms. The molecule has 132 valence electrons. The molecule has 1 saturated heterocycles.